The number of ether oxygens (including phenoxy) is 2. The lowest BCUT2D eigenvalue weighted by Crippen LogP contribution is -2.10. The number of carbonyl (C=O) groups is 1. The van der Waals surface area contributed by atoms with Gasteiger partial charge in [-0.25, -0.2) is 9.48 Å². The minimum absolute atomic E-state index is 0.170. The zero-order chi connectivity index (χ0) is 12.0. The molecule has 6 nitrogen and oxygen atoms in total. The van der Waals surface area contributed by atoms with Crippen LogP contribution in [-0.4, -0.2) is 41.3 Å². The Kier molecular flexibility index (Phi) is 4.65. The molecule has 0 radical (unpaired) electrons. The summed E-state index contributed by atoms with van der Waals surface area (Å²) in [4.78, 5) is 11.5. The van der Waals surface area contributed by atoms with Gasteiger partial charge in [-0.3, -0.25) is 0 Å². The van der Waals surface area contributed by atoms with Gasteiger partial charge in [-0.15, -0.1) is 5.10 Å². The van der Waals surface area contributed by atoms with Gasteiger partial charge in [0.15, 0.2) is 5.69 Å². The van der Waals surface area contributed by atoms with Crippen molar-refractivity contribution in [2.45, 2.75) is 13.5 Å². The van der Waals surface area contributed by atoms with Gasteiger partial charge in [0.2, 0.25) is 0 Å². The summed E-state index contributed by atoms with van der Waals surface area (Å²) in [6, 6.07) is 0. The van der Waals surface area contributed by atoms with Crippen LogP contribution in [0.2, 0.25) is 0 Å². The standard InChI is InChI=1S/C10H15N3O3/c1-4-6-16-10(14)9-8(2)13(12-11-9)5-7-15-3/h4H,1,5-7H2,2-3H3. The number of aromatic nitrogens is 3. The number of nitrogens with zero attached hydrogens (tertiary/aromatic N) is 3. The van der Waals surface area contributed by atoms with E-state index in [0.717, 1.165) is 0 Å². The van der Waals surface area contributed by atoms with E-state index in [-0.39, 0.29) is 12.3 Å². The predicted molar refractivity (Wildman–Crippen MR) is 57.1 cm³/mol. The SMILES string of the molecule is C=CCOC(=O)c1nnn(CCOC)c1C. The normalized spacial score (nSPS) is 10.1. The molecular formula is C10H15N3O3. The van der Waals surface area contributed by atoms with Gasteiger partial charge in [0.05, 0.1) is 18.8 Å². The quantitative estimate of drug-likeness (QED) is 0.523. The van der Waals surface area contributed by atoms with Crippen LogP contribution in [0, 0.1) is 6.92 Å². The van der Waals surface area contributed by atoms with Crippen molar-refractivity contribution in [1.82, 2.24) is 15.0 Å². The maximum atomic E-state index is 11.5. The number of carbonyl (C=O) groups excluding carboxylic acids is 1. The Balaban J connectivity index is 2.70. The Hall–Kier alpha value is -1.69. The summed E-state index contributed by atoms with van der Waals surface area (Å²) in [6.45, 7) is 6.47. The van der Waals surface area contributed by atoms with Crippen molar-refractivity contribution in [3.63, 3.8) is 0 Å². The van der Waals surface area contributed by atoms with Crippen molar-refractivity contribution in [2.75, 3.05) is 20.3 Å². The molecular weight excluding hydrogens is 210 g/mol. The van der Waals surface area contributed by atoms with Crippen molar-refractivity contribution in [3.8, 4) is 0 Å². The Morgan fingerprint density at radius 1 is 1.62 bits per heavy atom. The first kappa shape index (κ1) is 12.4. The van der Waals surface area contributed by atoms with Crippen molar-refractivity contribution in [3.05, 3.63) is 24.0 Å². The summed E-state index contributed by atoms with van der Waals surface area (Å²) in [6.07, 6.45) is 1.50. The number of methoxy groups -OCH3 is 1. The topological polar surface area (TPSA) is 66.2 Å². The van der Waals surface area contributed by atoms with Crippen LogP contribution < -0.4 is 0 Å². The molecule has 0 amide bonds. The lowest BCUT2D eigenvalue weighted by molar-refractivity contribution is 0.0542. The maximum absolute atomic E-state index is 11.5. The molecule has 88 valence electrons. The highest BCUT2D eigenvalue weighted by molar-refractivity contribution is 5.88. The number of rotatable bonds is 6. The fourth-order valence-corrected chi connectivity index (χ4v) is 1.14. The zero-order valence-electron chi connectivity index (χ0n) is 9.47. The maximum Gasteiger partial charge on any atom is 0.361 e. The largest absolute Gasteiger partial charge is 0.457 e. The predicted octanol–water partition coefficient (Wildman–Crippen LogP) is 0.576. The molecule has 16 heavy (non-hydrogen) atoms. The van der Waals surface area contributed by atoms with E-state index in [9.17, 15) is 4.79 Å². The minimum Gasteiger partial charge on any atom is -0.457 e. The summed E-state index contributed by atoms with van der Waals surface area (Å²) in [5.41, 5.74) is 0.907. The van der Waals surface area contributed by atoms with E-state index in [1.165, 1.54) is 6.08 Å². The first-order valence-electron chi connectivity index (χ1n) is 4.87. The van der Waals surface area contributed by atoms with E-state index in [1.807, 2.05) is 0 Å². The van der Waals surface area contributed by atoms with Crippen LogP contribution in [0.15, 0.2) is 12.7 Å². The van der Waals surface area contributed by atoms with Crippen molar-refractivity contribution < 1.29 is 14.3 Å². The van der Waals surface area contributed by atoms with Gasteiger partial charge in [-0.1, -0.05) is 17.9 Å². The molecule has 1 heterocycles. The molecule has 0 spiro atoms. The minimum atomic E-state index is -0.485. The monoisotopic (exact) mass is 225 g/mol. The highest BCUT2D eigenvalue weighted by Crippen LogP contribution is 2.05. The second-order valence-corrected chi connectivity index (χ2v) is 3.13. The summed E-state index contributed by atoms with van der Waals surface area (Å²) < 4.78 is 11.4. The van der Waals surface area contributed by atoms with Crippen LogP contribution in [0.5, 0.6) is 0 Å². The van der Waals surface area contributed by atoms with Gasteiger partial charge in [-0.05, 0) is 6.92 Å². The van der Waals surface area contributed by atoms with Crippen LogP contribution in [0.4, 0.5) is 0 Å². The zero-order valence-corrected chi connectivity index (χ0v) is 9.47. The van der Waals surface area contributed by atoms with Crippen molar-refractivity contribution >= 4 is 5.97 Å². The molecule has 1 rings (SSSR count). The Morgan fingerprint density at radius 3 is 3.00 bits per heavy atom. The van der Waals surface area contributed by atoms with Gasteiger partial charge in [0.1, 0.15) is 6.61 Å². The Morgan fingerprint density at radius 2 is 2.38 bits per heavy atom. The summed E-state index contributed by atoms with van der Waals surface area (Å²) >= 11 is 0. The smallest absolute Gasteiger partial charge is 0.361 e. The van der Waals surface area contributed by atoms with Gasteiger partial charge >= 0.3 is 5.97 Å². The van der Waals surface area contributed by atoms with Crippen LogP contribution in [0.3, 0.4) is 0 Å². The number of hydrogen-bond donors (Lipinski definition) is 0. The molecule has 0 saturated heterocycles. The lowest BCUT2D eigenvalue weighted by atomic mass is 10.3. The third-order valence-corrected chi connectivity index (χ3v) is 2.02. The third kappa shape index (κ3) is 2.90. The van der Waals surface area contributed by atoms with E-state index in [2.05, 4.69) is 16.9 Å². The summed E-state index contributed by atoms with van der Waals surface area (Å²) in [5.74, 6) is -0.485. The molecule has 0 unspecified atom stereocenters. The molecule has 0 aliphatic heterocycles. The molecule has 0 bridgehead atoms. The fraction of sp³-hybridized carbons (Fsp3) is 0.500. The van der Waals surface area contributed by atoms with E-state index < -0.39 is 5.97 Å². The van der Waals surface area contributed by atoms with Crippen molar-refractivity contribution in [2.24, 2.45) is 0 Å². The highest BCUT2D eigenvalue weighted by atomic mass is 16.5. The highest BCUT2D eigenvalue weighted by Gasteiger charge is 2.17. The molecule has 0 aliphatic carbocycles. The number of hydrogen-bond acceptors (Lipinski definition) is 5. The summed E-state index contributed by atoms with van der Waals surface area (Å²) in [5, 5.41) is 7.61. The average Bonchev–Trinajstić information content (AvgIpc) is 2.65. The Labute approximate surface area is 93.8 Å². The molecule has 0 aliphatic rings. The van der Waals surface area contributed by atoms with Crippen LogP contribution in [0.25, 0.3) is 0 Å². The van der Waals surface area contributed by atoms with E-state index in [4.69, 9.17) is 9.47 Å². The number of esters is 1. The molecule has 0 atom stereocenters. The molecule has 0 N–H and O–H groups in total. The second-order valence-electron chi connectivity index (χ2n) is 3.13. The first-order chi connectivity index (χ1) is 7.70. The van der Waals surface area contributed by atoms with E-state index >= 15 is 0 Å². The molecule has 1 aromatic heterocycles. The van der Waals surface area contributed by atoms with E-state index in [0.29, 0.717) is 18.8 Å². The van der Waals surface area contributed by atoms with E-state index in [1.54, 1.807) is 18.7 Å². The van der Waals surface area contributed by atoms with Gasteiger partial charge in [0, 0.05) is 7.11 Å². The molecule has 0 fully saturated rings. The first-order valence-corrected chi connectivity index (χ1v) is 4.87. The molecule has 0 aromatic carbocycles. The Bertz CT molecular complexity index is 373. The van der Waals surface area contributed by atoms with Crippen molar-refractivity contribution in [1.29, 1.82) is 0 Å². The van der Waals surface area contributed by atoms with Gasteiger partial charge in [0.25, 0.3) is 0 Å². The molecule has 1 aromatic rings. The molecule has 6 heteroatoms. The van der Waals surface area contributed by atoms with Crippen LogP contribution >= 0.6 is 0 Å². The summed E-state index contributed by atoms with van der Waals surface area (Å²) in [7, 11) is 1.60. The lowest BCUT2D eigenvalue weighted by Gasteiger charge is -2.02. The van der Waals surface area contributed by atoms with Crippen LogP contribution in [-0.2, 0) is 16.0 Å². The van der Waals surface area contributed by atoms with Gasteiger partial charge < -0.3 is 9.47 Å². The average molecular weight is 225 g/mol. The fourth-order valence-electron chi connectivity index (χ4n) is 1.14. The molecule has 0 saturated carbocycles. The van der Waals surface area contributed by atoms with Gasteiger partial charge in [-0.2, -0.15) is 0 Å². The second kappa shape index (κ2) is 6.02. The van der Waals surface area contributed by atoms with Crippen LogP contribution in [0.1, 0.15) is 16.2 Å². The third-order valence-electron chi connectivity index (χ3n) is 2.02.